The van der Waals surface area contributed by atoms with E-state index < -0.39 is 0 Å². The van der Waals surface area contributed by atoms with Crippen molar-refractivity contribution in [2.45, 2.75) is 70.4 Å². The second kappa shape index (κ2) is 7.03. The van der Waals surface area contributed by atoms with Gasteiger partial charge in [-0.1, -0.05) is 26.7 Å². The number of H-pyrrole nitrogens is 1. The topological polar surface area (TPSA) is 81.8 Å². The zero-order valence-electron chi connectivity index (χ0n) is 16.9. The predicted molar refractivity (Wildman–Crippen MR) is 111 cm³/mol. The van der Waals surface area contributed by atoms with Gasteiger partial charge in [-0.3, -0.25) is 5.10 Å². The molecular formula is C21H31N7. The highest BCUT2D eigenvalue weighted by Crippen LogP contribution is 2.52. The van der Waals surface area contributed by atoms with E-state index in [-0.39, 0.29) is 0 Å². The van der Waals surface area contributed by atoms with E-state index in [0.29, 0.717) is 23.4 Å². The van der Waals surface area contributed by atoms with E-state index in [2.05, 4.69) is 50.6 Å². The number of aromatic amines is 1. The van der Waals surface area contributed by atoms with Crippen LogP contribution in [0.15, 0.2) is 18.3 Å². The van der Waals surface area contributed by atoms with Gasteiger partial charge in [-0.2, -0.15) is 10.1 Å². The lowest BCUT2D eigenvalue weighted by Gasteiger charge is -2.37. The molecule has 3 N–H and O–H groups in total. The lowest BCUT2D eigenvalue weighted by atomic mass is 9.70. The lowest BCUT2D eigenvalue weighted by molar-refractivity contribution is 0.187. The fourth-order valence-electron chi connectivity index (χ4n) is 5.17. The van der Waals surface area contributed by atoms with Gasteiger partial charge in [-0.05, 0) is 31.7 Å². The van der Waals surface area contributed by atoms with Crippen LogP contribution in [-0.2, 0) is 0 Å². The summed E-state index contributed by atoms with van der Waals surface area (Å²) in [5.74, 6) is 3.13. The first kappa shape index (κ1) is 17.9. The summed E-state index contributed by atoms with van der Waals surface area (Å²) in [6.07, 6.45) is 9.53. The fourth-order valence-corrected chi connectivity index (χ4v) is 5.17. The van der Waals surface area contributed by atoms with Gasteiger partial charge in [0, 0.05) is 54.5 Å². The molecule has 2 bridgehead atoms. The van der Waals surface area contributed by atoms with Crippen LogP contribution in [0.1, 0.15) is 64.0 Å². The number of anilines is 3. The maximum absolute atomic E-state index is 4.79. The van der Waals surface area contributed by atoms with Crippen LogP contribution >= 0.6 is 0 Å². The summed E-state index contributed by atoms with van der Waals surface area (Å²) >= 11 is 0. The van der Waals surface area contributed by atoms with Gasteiger partial charge in [0.1, 0.15) is 5.82 Å². The maximum Gasteiger partial charge on any atom is 0.227 e. The Balaban J connectivity index is 1.25. The summed E-state index contributed by atoms with van der Waals surface area (Å²) < 4.78 is 0. The Morgan fingerprint density at radius 2 is 2.07 bits per heavy atom. The molecular weight excluding hydrogens is 350 g/mol. The average Bonchev–Trinajstić information content (AvgIpc) is 3.42. The Bertz CT molecular complexity index is 818. The van der Waals surface area contributed by atoms with Crippen molar-refractivity contribution in [3.05, 3.63) is 24.0 Å². The molecule has 4 fully saturated rings. The number of nitrogens with one attached hydrogen (secondary N) is 3. The number of rotatable bonds is 7. The van der Waals surface area contributed by atoms with Crippen LogP contribution in [0.4, 0.5) is 17.6 Å². The monoisotopic (exact) mass is 381 g/mol. The molecule has 4 heterocycles. The largest absolute Gasteiger partial charge is 0.337 e. The van der Waals surface area contributed by atoms with E-state index in [4.69, 9.17) is 4.98 Å². The Labute approximate surface area is 166 Å². The van der Waals surface area contributed by atoms with Crippen LogP contribution in [0.3, 0.4) is 0 Å². The van der Waals surface area contributed by atoms with Crippen molar-refractivity contribution in [2.24, 2.45) is 5.41 Å². The summed E-state index contributed by atoms with van der Waals surface area (Å²) in [7, 11) is 0. The molecule has 7 heteroatoms. The molecule has 28 heavy (non-hydrogen) atoms. The van der Waals surface area contributed by atoms with Crippen LogP contribution in [0.25, 0.3) is 0 Å². The normalized spacial score (nSPS) is 26.8. The molecule has 4 aliphatic rings. The highest BCUT2D eigenvalue weighted by molar-refractivity contribution is 5.54. The number of aromatic nitrogens is 4. The predicted octanol–water partition coefficient (Wildman–Crippen LogP) is 3.57. The van der Waals surface area contributed by atoms with Gasteiger partial charge in [0.05, 0.1) is 0 Å². The van der Waals surface area contributed by atoms with Gasteiger partial charge in [0.15, 0.2) is 5.82 Å². The molecule has 6 rings (SSSR count). The molecule has 2 aliphatic carbocycles. The van der Waals surface area contributed by atoms with Gasteiger partial charge in [-0.15, -0.1) is 0 Å². The number of hydrogen-bond acceptors (Lipinski definition) is 6. The molecule has 0 unspecified atom stereocenters. The second-order valence-corrected chi connectivity index (χ2v) is 9.28. The lowest BCUT2D eigenvalue weighted by Crippen LogP contribution is -2.44. The molecule has 2 saturated carbocycles. The number of hydrogen-bond donors (Lipinski definition) is 3. The molecule has 0 radical (unpaired) electrons. The molecule has 150 valence electrons. The summed E-state index contributed by atoms with van der Waals surface area (Å²) in [5, 5.41) is 14.6. The third-order valence-corrected chi connectivity index (χ3v) is 6.72. The highest BCUT2D eigenvalue weighted by Gasteiger charge is 2.55. The van der Waals surface area contributed by atoms with Crippen molar-refractivity contribution >= 4 is 17.6 Å². The zero-order chi connectivity index (χ0) is 19.1. The molecule has 0 amide bonds. The van der Waals surface area contributed by atoms with Crippen molar-refractivity contribution in [1.82, 2.24) is 25.5 Å². The van der Waals surface area contributed by atoms with Gasteiger partial charge < -0.3 is 15.5 Å². The molecule has 0 spiro atoms. The van der Waals surface area contributed by atoms with Crippen molar-refractivity contribution in [3.63, 3.8) is 0 Å². The zero-order valence-corrected chi connectivity index (χ0v) is 16.9. The first-order valence-electron chi connectivity index (χ1n) is 10.8. The number of fused-ring (bicyclic) bond motifs is 1. The van der Waals surface area contributed by atoms with E-state index in [1.165, 1.54) is 44.2 Å². The summed E-state index contributed by atoms with van der Waals surface area (Å²) in [4.78, 5) is 11.7. The molecule has 0 atom stereocenters. The Morgan fingerprint density at radius 3 is 2.86 bits per heavy atom. The summed E-state index contributed by atoms with van der Waals surface area (Å²) in [6, 6.07) is 5.18. The SMILES string of the molecule is CC(C)NCC12CC(C1)N(c1nccc(Nc3cc(C4CCCC4)[nH]n3)n1)C2. The Hall–Kier alpha value is -2.15. The van der Waals surface area contributed by atoms with Crippen LogP contribution in [0.5, 0.6) is 0 Å². The summed E-state index contributed by atoms with van der Waals surface area (Å²) in [6.45, 7) is 6.57. The molecule has 2 aromatic rings. The van der Waals surface area contributed by atoms with E-state index in [0.717, 1.165) is 30.7 Å². The van der Waals surface area contributed by atoms with Crippen LogP contribution in [0, 0.1) is 5.41 Å². The minimum atomic E-state index is 0.403. The Kier molecular flexibility index (Phi) is 4.50. The molecule has 0 aromatic carbocycles. The minimum absolute atomic E-state index is 0.403. The molecule has 2 saturated heterocycles. The van der Waals surface area contributed by atoms with Gasteiger partial charge >= 0.3 is 0 Å². The third kappa shape index (κ3) is 3.36. The van der Waals surface area contributed by atoms with E-state index in [1.54, 1.807) is 0 Å². The average molecular weight is 382 g/mol. The van der Waals surface area contributed by atoms with Gasteiger partial charge in [-0.25, -0.2) is 4.98 Å². The fraction of sp³-hybridized carbons (Fsp3) is 0.667. The van der Waals surface area contributed by atoms with E-state index >= 15 is 0 Å². The van der Waals surface area contributed by atoms with Crippen LogP contribution in [0.2, 0.25) is 0 Å². The summed E-state index contributed by atoms with van der Waals surface area (Å²) in [5.41, 5.74) is 1.65. The third-order valence-electron chi connectivity index (χ3n) is 6.72. The van der Waals surface area contributed by atoms with Crippen molar-refractivity contribution in [1.29, 1.82) is 0 Å². The molecule has 7 nitrogen and oxygen atoms in total. The highest BCUT2D eigenvalue weighted by atomic mass is 15.3. The number of nitrogens with zero attached hydrogens (tertiary/aromatic N) is 4. The Morgan fingerprint density at radius 1 is 1.25 bits per heavy atom. The van der Waals surface area contributed by atoms with Crippen molar-refractivity contribution in [3.8, 4) is 0 Å². The molecule has 2 aromatic heterocycles. The van der Waals surface area contributed by atoms with Gasteiger partial charge in [0.25, 0.3) is 0 Å². The second-order valence-electron chi connectivity index (χ2n) is 9.28. The van der Waals surface area contributed by atoms with Gasteiger partial charge in [0.2, 0.25) is 5.95 Å². The quantitative estimate of drug-likeness (QED) is 0.680. The minimum Gasteiger partial charge on any atom is -0.337 e. The van der Waals surface area contributed by atoms with Crippen molar-refractivity contribution < 1.29 is 0 Å². The van der Waals surface area contributed by atoms with Crippen molar-refractivity contribution in [2.75, 3.05) is 23.3 Å². The first-order valence-corrected chi connectivity index (χ1v) is 10.8. The van der Waals surface area contributed by atoms with Crippen LogP contribution in [-0.4, -0.2) is 45.3 Å². The standard InChI is InChI=1S/C21H31N7/c1-14(2)23-12-21-10-16(11-21)28(13-21)20-22-8-7-18(25-20)24-19-9-17(26-27-19)15-5-3-4-6-15/h7-9,14-16,23H,3-6,10-13H2,1-2H3,(H2,22,24,25,26,27). The first-order chi connectivity index (χ1) is 13.6. The smallest absolute Gasteiger partial charge is 0.227 e. The maximum atomic E-state index is 4.79. The van der Waals surface area contributed by atoms with Crippen LogP contribution < -0.4 is 15.5 Å². The van der Waals surface area contributed by atoms with E-state index in [1.807, 2.05) is 12.3 Å². The molecule has 2 aliphatic heterocycles. The van der Waals surface area contributed by atoms with E-state index in [9.17, 15) is 0 Å².